The number of likely N-dealkylation sites (N-methyl/N-ethyl adjacent to an activating group) is 1. The number of carboxylic acid groups (broad SMARTS) is 1. The van der Waals surface area contributed by atoms with E-state index in [0.29, 0.717) is 19.1 Å². The highest BCUT2D eigenvalue weighted by atomic mass is 16.4. The Balaban J connectivity index is 2.32. The van der Waals surface area contributed by atoms with E-state index in [2.05, 4.69) is 17.1 Å². The second-order valence-corrected chi connectivity index (χ2v) is 4.86. The summed E-state index contributed by atoms with van der Waals surface area (Å²) in [5.74, 6) is -1.26. The zero-order valence-corrected chi connectivity index (χ0v) is 11.5. The normalized spacial score (nSPS) is 22.1. The first-order valence-corrected chi connectivity index (χ1v) is 6.59. The van der Waals surface area contributed by atoms with Gasteiger partial charge in [-0.15, -0.1) is 0 Å². The van der Waals surface area contributed by atoms with E-state index in [1.807, 2.05) is 7.05 Å². The van der Waals surface area contributed by atoms with Crippen molar-refractivity contribution in [3.63, 3.8) is 0 Å². The van der Waals surface area contributed by atoms with Crippen LogP contribution < -0.4 is 5.32 Å². The minimum Gasteiger partial charge on any atom is -0.479 e. The zero-order chi connectivity index (χ0) is 14.4. The molecule has 0 aromatic rings. The number of piperazine rings is 1. The molecule has 1 aliphatic heterocycles. The van der Waals surface area contributed by atoms with Gasteiger partial charge in [0.25, 0.3) is 0 Å². The van der Waals surface area contributed by atoms with Crippen LogP contribution in [0, 0.1) is 0 Å². The van der Waals surface area contributed by atoms with Crippen molar-refractivity contribution in [1.82, 2.24) is 15.1 Å². The Morgan fingerprint density at radius 3 is 2.68 bits per heavy atom. The summed E-state index contributed by atoms with van der Waals surface area (Å²) in [5, 5.41) is 20.2. The molecular weight excluding hydrogens is 250 g/mol. The van der Waals surface area contributed by atoms with Crippen molar-refractivity contribution in [2.24, 2.45) is 0 Å². The minimum absolute atomic E-state index is 0.0199. The molecule has 3 N–H and O–H groups in total. The Morgan fingerprint density at radius 2 is 2.11 bits per heavy atom. The van der Waals surface area contributed by atoms with Gasteiger partial charge in [-0.05, 0) is 13.5 Å². The predicted octanol–water partition coefficient (Wildman–Crippen LogP) is -0.442. The molecule has 7 heteroatoms. The van der Waals surface area contributed by atoms with Gasteiger partial charge in [-0.25, -0.2) is 9.59 Å². The van der Waals surface area contributed by atoms with Crippen LogP contribution in [0.4, 0.5) is 4.79 Å². The number of urea groups is 1. The summed E-state index contributed by atoms with van der Waals surface area (Å²) in [6.45, 7) is 4.44. The fourth-order valence-electron chi connectivity index (χ4n) is 2.12. The summed E-state index contributed by atoms with van der Waals surface area (Å²) in [4.78, 5) is 26.3. The fraction of sp³-hybridized carbons (Fsp3) is 0.833. The fourth-order valence-corrected chi connectivity index (χ4v) is 2.12. The van der Waals surface area contributed by atoms with Gasteiger partial charge in [-0.2, -0.15) is 0 Å². The van der Waals surface area contributed by atoms with Crippen LogP contribution >= 0.6 is 0 Å². The average Bonchev–Trinajstić information content (AvgIpc) is 2.38. The lowest BCUT2D eigenvalue weighted by Crippen LogP contribution is -2.55. The molecule has 0 spiro atoms. The van der Waals surface area contributed by atoms with E-state index in [0.717, 1.165) is 13.0 Å². The van der Waals surface area contributed by atoms with Crippen molar-refractivity contribution in [3.05, 3.63) is 0 Å². The molecule has 1 heterocycles. The summed E-state index contributed by atoms with van der Waals surface area (Å²) in [7, 11) is 2.05. The van der Waals surface area contributed by atoms with Crippen LogP contribution in [0.1, 0.15) is 19.8 Å². The Labute approximate surface area is 113 Å². The third-order valence-corrected chi connectivity index (χ3v) is 3.51. The summed E-state index contributed by atoms with van der Waals surface area (Å²) in [6.07, 6.45) is -0.416. The third kappa shape index (κ3) is 4.68. The van der Waals surface area contributed by atoms with Gasteiger partial charge in [0.2, 0.25) is 0 Å². The molecule has 0 radical (unpaired) electrons. The van der Waals surface area contributed by atoms with Crippen molar-refractivity contribution in [3.8, 4) is 0 Å². The van der Waals surface area contributed by atoms with Crippen molar-refractivity contribution in [2.45, 2.75) is 31.9 Å². The van der Waals surface area contributed by atoms with Gasteiger partial charge < -0.3 is 20.4 Å². The topological polar surface area (TPSA) is 93.1 Å². The van der Waals surface area contributed by atoms with E-state index >= 15 is 0 Å². The molecule has 110 valence electrons. The summed E-state index contributed by atoms with van der Waals surface area (Å²) in [5.41, 5.74) is 0. The number of carbonyl (C=O) groups is 2. The maximum Gasteiger partial charge on any atom is 0.332 e. The van der Waals surface area contributed by atoms with E-state index in [1.165, 1.54) is 0 Å². The van der Waals surface area contributed by atoms with E-state index in [1.54, 1.807) is 4.90 Å². The molecule has 19 heavy (non-hydrogen) atoms. The van der Waals surface area contributed by atoms with Gasteiger partial charge in [0.15, 0.2) is 6.10 Å². The number of aliphatic hydroxyl groups excluding tert-OH is 1. The third-order valence-electron chi connectivity index (χ3n) is 3.51. The Hall–Kier alpha value is -1.34. The quantitative estimate of drug-likeness (QED) is 0.631. The number of nitrogens with zero attached hydrogens (tertiary/aromatic N) is 2. The van der Waals surface area contributed by atoms with Crippen LogP contribution in [0.2, 0.25) is 0 Å². The first-order chi connectivity index (χ1) is 8.95. The number of rotatable bonds is 5. The van der Waals surface area contributed by atoms with E-state index in [-0.39, 0.29) is 19.0 Å². The molecule has 0 aromatic heterocycles. The lowest BCUT2D eigenvalue weighted by Gasteiger charge is -2.39. The molecule has 7 nitrogen and oxygen atoms in total. The number of carbonyl (C=O) groups excluding carboxylic acids is 1. The first-order valence-electron chi connectivity index (χ1n) is 6.59. The highest BCUT2D eigenvalue weighted by Crippen LogP contribution is 2.10. The summed E-state index contributed by atoms with van der Waals surface area (Å²) < 4.78 is 0. The number of amides is 2. The molecule has 1 rings (SSSR count). The van der Waals surface area contributed by atoms with E-state index in [4.69, 9.17) is 10.2 Å². The second kappa shape index (κ2) is 7.30. The van der Waals surface area contributed by atoms with Gasteiger partial charge in [0.1, 0.15) is 0 Å². The highest BCUT2D eigenvalue weighted by Gasteiger charge is 2.26. The number of nitrogens with one attached hydrogen (secondary N) is 1. The number of aliphatic carboxylic acids is 1. The van der Waals surface area contributed by atoms with Crippen molar-refractivity contribution < 1.29 is 19.8 Å². The number of hydrogen-bond donors (Lipinski definition) is 3. The molecule has 0 saturated carbocycles. The minimum atomic E-state index is -1.42. The van der Waals surface area contributed by atoms with Gasteiger partial charge >= 0.3 is 12.0 Å². The largest absolute Gasteiger partial charge is 0.479 e. The van der Waals surface area contributed by atoms with Crippen LogP contribution in [0.15, 0.2) is 0 Å². The lowest BCUT2D eigenvalue weighted by molar-refractivity contribution is -0.146. The van der Waals surface area contributed by atoms with Gasteiger partial charge in [0.05, 0.1) is 0 Å². The Morgan fingerprint density at radius 1 is 1.42 bits per heavy atom. The van der Waals surface area contributed by atoms with E-state index < -0.39 is 12.1 Å². The van der Waals surface area contributed by atoms with Crippen molar-refractivity contribution >= 4 is 12.0 Å². The average molecular weight is 273 g/mol. The lowest BCUT2D eigenvalue weighted by atomic mass is 10.1. The van der Waals surface area contributed by atoms with Crippen LogP contribution in [-0.4, -0.2) is 77.4 Å². The smallest absolute Gasteiger partial charge is 0.332 e. The maximum absolute atomic E-state index is 11.9. The highest BCUT2D eigenvalue weighted by molar-refractivity contribution is 5.75. The Kier molecular flexibility index (Phi) is 6.04. The number of aliphatic hydroxyl groups is 1. The first kappa shape index (κ1) is 15.7. The summed E-state index contributed by atoms with van der Waals surface area (Å²) in [6, 6.07) is 0.174. The van der Waals surface area contributed by atoms with Crippen molar-refractivity contribution in [1.29, 1.82) is 0 Å². The van der Waals surface area contributed by atoms with Crippen LogP contribution in [0.25, 0.3) is 0 Å². The molecule has 0 aromatic carbocycles. The molecule has 1 aliphatic rings. The molecule has 0 bridgehead atoms. The van der Waals surface area contributed by atoms with Gasteiger partial charge in [-0.3, -0.25) is 4.90 Å². The van der Waals surface area contributed by atoms with Gasteiger partial charge in [-0.1, -0.05) is 6.92 Å². The SMILES string of the molecule is CCC1CN(C(=O)NCC[C@H](O)C(=O)O)CCN1C. The molecule has 2 atom stereocenters. The summed E-state index contributed by atoms with van der Waals surface area (Å²) >= 11 is 0. The monoisotopic (exact) mass is 273 g/mol. The molecular formula is C12H23N3O4. The molecule has 2 amide bonds. The maximum atomic E-state index is 11.9. The molecule has 1 unspecified atom stereocenters. The number of hydrogen-bond acceptors (Lipinski definition) is 4. The number of carboxylic acids is 1. The van der Waals surface area contributed by atoms with E-state index in [9.17, 15) is 9.59 Å². The second-order valence-electron chi connectivity index (χ2n) is 4.86. The predicted molar refractivity (Wildman–Crippen MR) is 69.9 cm³/mol. The molecule has 1 fully saturated rings. The molecule has 0 aliphatic carbocycles. The van der Waals surface area contributed by atoms with Crippen LogP contribution in [0.3, 0.4) is 0 Å². The standard InChI is InChI=1S/C12H23N3O4/c1-3-9-8-15(7-6-14(9)2)12(19)13-5-4-10(16)11(17)18/h9-10,16H,3-8H2,1-2H3,(H,13,19)(H,17,18)/t9?,10-/m0/s1. The van der Waals surface area contributed by atoms with Crippen molar-refractivity contribution in [2.75, 3.05) is 33.2 Å². The zero-order valence-electron chi connectivity index (χ0n) is 11.5. The van der Waals surface area contributed by atoms with Crippen LogP contribution in [0.5, 0.6) is 0 Å². The Bertz CT molecular complexity index is 324. The molecule has 1 saturated heterocycles. The van der Waals surface area contributed by atoms with Gasteiger partial charge in [0, 0.05) is 38.6 Å². The van der Waals surface area contributed by atoms with Crippen LogP contribution in [-0.2, 0) is 4.79 Å².